The topological polar surface area (TPSA) is 148 Å². The molecule has 0 saturated carbocycles. The van der Waals surface area contributed by atoms with Gasteiger partial charge in [-0.3, -0.25) is 9.59 Å². The molecule has 11 heteroatoms. The zero-order valence-corrected chi connectivity index (χ0v) is 33.8. The number of thiocarbonyl (C=S) groups is 1. The summed E-state index contributed by atoms with van der Waals surface area (Å²) in [6.45, 7) is 23.1. The van der Waals surface area contributed by atoms with Gasteiger partial charge in [0.25, 0.3) is 0 Å². The summed E-state index contributed by atoms with van der Waals surface area (Å²) in [4.78, 5) is 37.2. The molecule has 10 nitrogen and oxygen atoms in total. The smallest absolute Gasteiger partial charge is 0.236 e. The van der Waals surface area contributed by atoms with Crippen molar-refractivity contribution in [1.82, 2.24) is 9.80 Å². The van der Waals surface area contributed by atoms with Gasteiger partial charge in [0, 0.05) is 34.9 Å². The molecule has 0 bridgehead atoms. The Morgan fingerprint density at radius 2 is 1.52 bits per heavy atom. The minimum Gasteiger partial charge on any atom is -0.400 e. The fraction of sp³-hybridized carbons (Fsp3) is 0.730. The molecule has 0 radical (unpaired) electrons. The predicted octanol–water partition coefficient (Wildman–Crippen LogP) is 6.00. The van der Waals surface area contributed by atoms with Crippen molar-refractivity contribution in [2.24, 2.45) is 23.3 Å². The molecule has 0 aromatic carbocycles. The number of ether oxygens (including phenoxy) is 2. The quantitative estimate of drug-likeness (QED) is 0.146. The summed E-state index contributed by atoms with van der Waals surface area (Å²) in [5.41, 5.74) is 11.3. The molecule has 1 aliphatic rings. The molecule has 286 valence electrons. The summed E-state index contributed by atoms with van der Waals surface area (Å²) < 4.78 is 11.6. The summed E-state index contributed by atoms with van der Waals surface area (Å²) >= 11 is 3.83. The van der Waals surface area contributed by atoms with Crippen molar-refractivity contribution in [3.8, 4) is 0 Å². The van der Waals surface area contributed by atoms with Crippen LogP contribution in [0.1, 0.15) is 93.9 Å². The lowest BCUT2D eigenvalue weighted by atomic mass is 9.90. The number of methoxy groups -OCH3 is 2. The highest BCUT2D eigenvalue weighted by molar-refractivity contribution is 7.77. The summed E-state index contributed by atoms with van der Waals surface area (Å²) in [5, 5.41) is 7.00. The van der Waals surface area contributed by atoms with Crippen LogP contribution in [0.3, 0.4) is 0 Å². The van der Waals surface area contributed by atoms with Gasteiger partial charge in [-0.25, -0.2) is 0 Å². The summed E-state index contributed by atoms with van der Waals surface area (Å²) in [6.07, 6.45) is 12.8. The number of allylic oxidation sites excluding steroid dienone is 5. The number of nitrogens with two attached hydrogens (primary N) is 2. The van der Waals surface area contributed by atoms with Crippen molar-refractivity contribution in [3.05, 3.63) is 36.5 Å². The van der Waals surface area contributed by atoms with Gasteiger partial charge in [0.05, 0.1) is 37.3 Å². The van der Waals surface area contributed by atoms with E-state index in [9.17, 15) is 9.59 Å². The summed E-state index contributed by atoms with van der Waals surface area (Å²) in [5.74, 6) is 3.35. The van der Waals surface area contributed by atoms with E-state index in [0.29, 0.717) is 5.92 Å². The Morgan fingerprint density at radius 3 is 1.88 bits per heavy atom. The number of nitrogens with zero attached hydrogens (tertiary/aromatic N) is 2. The molecule has 1 heterocycles. The van der Waals surface area contributed by atoms with Gasteiger partial charge in [0.15, 0.2) is 0 Å². The van der Waals surface area contributed by atoms with Crippen molar-refractivity contribution >= 4 is 36.7 Å². The Morgan fingerprint density at radius 1 is 1.04 bits per heavy atom. The Hall–Kier alpha value is -2.28. The fourth-order valence-corrected chi connectivity index (χ4v) is 5.13. The van der Waals surface area contributed by atoms with Crippen LogP contribution in [-0.4, -0.2) is 112 Å². The number of rotatable bonds is 14. The van der Waals surface area contributed by atoms with E-state index in [1.54, 1.807) is 32.2 Å². The third-order valence-corrected chi connectivity index (χ3v) is 7.59. The maximum atomic E-state index is 13.3. The number of aliphatic hydroxyl groups is 1. The molecular weight excluding hydrogens is 628 g/mol. The summed E-state index contributed by atoms with van der Waals surface area (Å²) in [6, 6.07) is -0.0933. The third-order valence-electron chi connectivity index (χ3n) is 7.59. The predicted molar refractivity (Wildman–Crippen MR) is 210 cm³/mol. The van der Waals surface area contributed by atoms with E-state index >= 15 is 0 Å². The molecule has 0 aliphatic carbocycles. The molecule has 6 unspecified atom stereocenters. The summed E-state index contributed by atoms with van der Waals surface area (Å²) in [7, 11) is 7.61. The van der Waals surface area contributed by atoms with E-state index in [4.69, 9.17) is 25.1 Å². The standard InChI is InChI=1S/C22H43N3O4.C8H12.C3H8.CH5N.CH4O.CH2O.CH2S/c1-8-15(3)21(24(5)20(27)14-23)18(28-6)13-19(26)25-12-10-11-17(25)22(29-7)16(4)9-2;1-4-6-8(3)7-5-2;1-3-2;4*1-2/h15-18,21-22H,8-14,23H2,1-7H3;4-7H,1H2,2-3H3;3H2,1-2H3;2H2,1H3;2H,1H3;2*1H2/b;7-5-,8-6-;;;;;. The van der Waals surface area contributed by atoms with Gasteiger partial charge < -0.3 is 40.6 Å². The highest BCUT2D eigenvalue weighted by atomic mass is 32.1. The van der Waals surface area contributed by atoms with Gasteiger partial charge in [-0.1, -0.05) is 109 Å². The Balaban J connectivity index is -0.000000192. The normalized spacial score (nSPS) is 16.2. The number of amides is 2. The van der Waals surface area contributed by atoms with Gasteiger partial charge in [-0.15, -0.1) is 0 Å². The lowest BCUT2D eigenvalue weighted by Crippen LogP contribution is -2.53. The van der Waals surface area contributed by atoms with Gasteiger partial charge in [0.2, 0.25) is 11.8 Å². The first kappa shape index (κ1) is 58.0. The van der Waals surface area contributed by atoms with E-state index in [2.05, 4.69) is 71.9 Å². The monoisotopic (exact) mass is 705 g/mol. The molecule has 0 aromatic rings. The maximum absolute atomic E-state index is 13.3. The SMILES string of the molecule is C=C/C=C(C)\C=C/C.C=O.C=S.CCC.CCC(C)C(OC)C1CCCN1C(=O)CC(OC)C(C(C)CC)N(C)C(=O)CN.CN.CO. The average molecular weight is 705 g/mol. The minimum absolute atomic E-state index is 0.0410. The highest BCUT2D eigenvalue weighted by Gasteiger charge is 2.40. The molecule has 1 rings (SSSR count). The lowest BCUT2D eigenvalue weighted by molar-refractivity contribution is -0.144. The molecule has 0 aromatic heterocycles. The molecular formula is C37H76N4O6S. The minimum atomic E-state index is -0.371. The largest absolute Gasteiger partial charge is 0.400 e. The zero-order chi connectivity index (χ0) is 39.3. The van der Waals surface area contributed by atoms with Crippen LogP contribution in [0, 0.1) is 11.8 Å². The van der Waals surface area contributed by atoms with Crippen LogP contribution in [0.4, 0.5) is 0 Å². The fourth-order valence-electron chi connectivity index (χ4n) is 5.13. The molecule has 6 atom stereocenters. The molecule has 1 aliphatic heterocycles. The number of carbonyl (C=O) groups is 3. The van der Waals surface area contributed by atoms with Crippen LogP contribution < -0.4 is 11.5 Å². The molecule has 2 amide bonds. The van der Waals surface area contributed by atoms with E-state index in [-0.39, 0.29) is 55.0 Å². The van der Waals surface area contributed by atoms with E-state index in [1.165, 1.54) is 19.0 Å². The van der Waals surface area contributed by atoms with E-state index in [0.717, 1.165) is 39.3 Å². The number of hydrogen-bond donors (Lipinski definition) is 3. The van der Waals surface area contributed by atoms with E-state index < -0.39 is 0 Å². The molecule has 5 N–H and O–H groups in total. The second kappa shape index (κ2) is 42.7. The number of aliphatic hydroxyl groups excluding tert-OH is 1. The number of likely N-dealkylation sites (tertiary alicyclic amines) is 1. The average Bonchev–Trinajstić information content (AvgIpc) is 3.61. The van der Waals surface area contributed by atoms with Gasteiger partial charge in [-0.2, -0.15) is 0 Å². The van der Waals surface area contributed by atoms with Crippen molar-refractivity contribution < 1.29 is 29.0 Å². The van der Waals surface area contributed by atoms with Crippen LogP contribution in [0.15, 0.2) is 36.5 Å². The van der Waals surface area contributed by atoms with Crippen LogP contribution in [0.2, 0.25) is 0 Å². The van der Waals surface area contributed by atoms with Crippen molar-refractivity contribution in [1.29, 1.82) is 0 Å². The Labute approximate surface area is 301 Å². The van der Waals surface area contributed by atoms with Crippen molar-refractivity contribution in [2.75, 3.05) is 48.5 Å². The first-order chi connectivity index (χ1) is 23.0. The third kappa shape index (κ3) is 25.7. The van der Waals surface area contributed by atoms with Crippen molar-refractivity contribution in [3.63, 3.8) is 0 Å². The second-order valence-corrected chi connectivity index (χ2v) is 10.8. The molecule has 1 fully saturated rings. The number of likely N-dealkylation sites (N-methyl/N-ethyl adjacent to an activating group) is 1. The zero-order valence-electron chi connectivity index (χ0n) is 33.0. The van der Waals surface area contributed by atoms with E-state index in [1.807, 2.05) is 43.8 Å². The Bertz CT molecular complexity index is 798. The van der Waals surface area contributed by atoms with Crippen molar-refractivity contribution in [2.45, 2.75) is 118 Å². The first-order valence-corrected chi connectivity index (χ1v) is 17.4. The Kier molecular flexibility index (Phi) is 51.6. The van der Waals surface area contributed by atoms with Crippen LogP contribution in [0.25, 0.3) is 0 Å². The molecule has 0 spiro atoms. The lowest BCUT2D eigenvalue weighted by Gasteiger charge is -2.39. The van der Waals surface area contributed by atoms with Gasteiger partial charge >= 0.3 is 0 Å². The van der Waals surface area contributed by atoms with Gasteiger partial charge in [0.1, 0.15) is 6.79 Å². The first-order valence-electron chi connectivity index (χ1n) is 16.8. The highest BCUT2D eigenvalue weighted by Crippen LogP contribution is 2.29. The number of hydrogen-bond acceptors (Lipinski definition) is 9. The second-order valence-electron chi connectivity index (χ2n) is 10.8. The van der Waals surface area contributed by atoms with Crippen LogP contribution in [0.5, 0.6) is 0 Å². The van der Waals surface area contributed by atoms with Crippen LogP contribution in [-0.2, 0) is 23.9 Å². The number of carbonyl (C=O) groups excluding carboxylic acids is 3. The van der Waals surface area contributed by atoms with Gasteiger partial charge in [-0.05, 0) is 51.4 Å². The van der Waals surface area contributed by atoms with Crippen LogP contribution >= 0.6 is 12.2 Å². The molecule has 1 saturated heterocycles. The molecule has 48 heavy (non-hydrogen) atoms. The maximum Gasteiger partial charge on any atom is 0.236 e.